The number of likely N-dealkylation sites (N-methyl/N-ethyl adjacent to an activating group) is 1. The molecule has 0 radical (unpaired) electrons. The number of carbonyl (C=O) groups is 1. The molecule has 1 amide bonds. The van der Waals surface area contributed by atoms with Crippen LogP contribution in [0, 0.1) is 0 Å². The summed E-state index contributed by atoms with van der Waals surface area (Å²) in [5.41, 5.74) is 1.52. The summed E-state index contributed by atoms with van der Waals surface area (Å²) >= 11 is 0. The van der Waals surface area contributed by atoms with E-state index in [1.165, 1.54) is 0 Å². The van der Waals surface area contributed by atoms with Gasteiger partial charge in [-0.2, -0.15) is 0 Å². The smallest absolute Gasteiger partial charge is 0.242 e. The number of carbonyl (C=O) groups excluding carboxylic acids is 1. The van der Waals surface area contributed by atoms with Crippen LogP contribution in [0.2, 0.25) is 0 Å². The Labute approximate surface area is 182 Å². The molecule has 4 rings (SSSR count). The molecule has 0 atom stereocenters. The first-order valence-corrected chi connectivity index (χ1v) is 12.1. The molecule has 1 aromatic heterocycles. The average molecular weight is 435 g/mol. The molecule has 0 spiro atoms. The van der Waals surface area contributed by atoms with E-state index in [1.54, 1.807) is 15.7 Å². The number of amides is 1. The molecule has 3 aromatic carbocycles. The Balaban J connectivity index is 1.76. The van der Waals surface area contributed by atoms with Gasteiger partial charge in [0.15, 0.2) is 9.84 Å². The zero-order valence-electron chi connectivity index (χ0n) is 17.8. The molecule has 0 aliphatic carbocycles. The summed E-state index contributed by atoms with van der Waals surface area (Å²) in [6, 6.07) is 20.9. The number of hydrogen-bond acceptors (Lipinski definition) is 3. The second-order valence-corrected chi connectivity index (χ2v) is 9.56. The number of para-hydroxylation sites is 1. The first kappa shape index (κ1) is 21.1. The number of benzene rings is 3. The Kier molecular flexibility index (Phi) is 5.83. The molecule has 160 valence electrons. The Morgan fingerprint density at radius 1 is 0.871 bits per heavy atom. The largest absolute Gasteiger partial charge is 0.342 e. The van der Waals surface area contributed by atoms with E-state index in [2.05, 4.69) is 0 Å². The van der Waals surface area contributed by atoms with E-state index in [9.17, 15) is 13.2 Å². The molecule has 0 aliphatic rings. The van der Waals surface area contributed by atoms with Crippen LogP contribution in [0.1, 0.15) is 19.4 Å². The molecule has 0 saturated carbocycles. The lowest BCUT2D eigenvalue weighted by molar-refractivity contribution is -0.131. The van der Waals surface area contributed by atoms with Gasteiger partial charge in [-0.25, -0.2) is 8.42 Å². The number of sulfone groups is 1. The number of hydrogen-bond donors (Lipinski definition) is 0. The second-order valence-electron chi connectivity index (χ2n) is 7.60. The van der Waals surface area contributed by atoms with Crippen molar-refractivity contribution < 1.29 is 13.2 Å². The molecule has 0 saturated heterocycles. The fourth-order valence-electron chi connectivity index (χ4n) is 4.11. The van der Waals surface area contributed by atoms with Crippen LogP contribution in [0.4, 0.5) is 0 Å². The van der Waals surface area contributed by atoms with Gasteiger partial charge in [-0.15, -0.1) is 0 Å². The highest BCUT2D eigenvalue weighted by atomic mass is 32.2. The van der Waals surface area contributed by atoms with Crippen molar-refractivity contribution in [2.24, 2.45) is 0 Å². The summed E-state index contributed by atoms with van der Waals surface area (Å²) in [6.45, 7) is 5.25. The molecule has 5 nitrogen and oxygen atoms in total. The summed E-state index contributed by atoms with van der Waals surface area (Å²) in [5.74, 6) is -0.115. The third-order valence-electron chi connectivity index (χ3n) is 5.73. The number of nitrogens with zero attached hydrogens (tertiary/aromatic N) is 2. The molecule has 6 heteroatoms. The van der Waals surface area contributed by atoms with Gasteiger partial charge in [0.25, 0.3) is 0 Å². The standard InChI is InChI=1S/C25H26N2O3S/c1-3-26(4-2)25(28)17-27-16-24(22-14-7-8-15-23(22)27)31(29,30)18-20-12-9-11-19-10-5-6-13-21(19)20/h5-16H,3-4,17-18H2,1-2H3. The van der Waals surface area contributed by atoms with Gasteiger partial charge in [0.05, 0.1) is 10.6 Å². The molecule has 0 bridgehead atoms. The van der Waals surface area contributed by atoms with E-state index in [0.717, 1.165) is 21.9 Å². The van der Waals surface area contributed by atoms with Crippen LogP contribution in [-0.2, 0) is 26.9 Å². The second kappa shape index (κ2) is 8.55. The van der Waals surface area contributed by atoms with Crippen LogP contribution in [0.15, 0.2) is 77.8 Å². The van der Waals surface area contributed by atoms with Crippen molar-refractivity contribution in [3.63, 3.8) is 0 Å². The van der Waals surface area contributed by atoms with Gasteiger partial charge in [0.1, 0.15) is 6.54 Å². The fraction of sp³-hybridized carbons (Fsp3) is 0.240. The van der Waals surface area contributed by atoms with Gasteiger partial charge in [0.2, 0.25) is 5.91 Å². The summed E-state index contributed by atoms with van der Waals surface area (Å²) in [6.07, 6.45) is 1.62. The highest BCUT2D eigenvalue weighted by Gasteiger charge is 2.23. The van der Waals surface area contributed by atoms with Crippen LogP contribution >= 0.6 is 0 Å². The zero-order chi connectivity index (χ0) is 22.0. The lowest BCUT2D eigenvalue weighted by Crippen LogP contribution is -2.33. The van der Waals surface area contributed by atoms with E-state index in [0.29, 0.717) is 18.5 Å². The Morgan fingerprint density at radius 2 is 1.52 bits per heavy atom. The van der Waals surface area contributed by atoms with Crippen LogP contribution in [0.3, 0.4) is 0 Å². The van der Waals surface area contributed by atoms with Crippen LogP contribution in [0.25, 0.3) is 21.7 Å². The van der Waals surface area contributed by atoms with Crippen molar-refractivity contribution in [1.29, 1.82) is 0 Å². The van der Waals surface area contributed by atoms with Gasteiger partial charge >= 0.3 is 0 Å². The van der Waals surface area contributed by atoms with Gasteiger partial charge < -0.3 is 9.47 Å². The predicted molar refractivity (Wildman–Crippen MR) is 125 cm³/mol. The van der Waals surface area contributed by atoms with Gasteiger partial charge in [-0.05, 0) is 36.2 Å². The Bertz CT molecular complexity index is 1350. The minimum Gasteiger partial charge on any atom is -0.342 e. The molecule has 1 heterocycles. The normalized spacial score (nSPS) is 11.8. The van der Waals surface area contributed by atoms with Crippen molar-refractivity contribution in [2.75, 3.05) is 13.1 Å². The maximum Gasteiger partial charge on any atom is 0.242 e. The molecule has 31 heavy (non-hydrogen) atoms. The van der Waals surface area contributed by atoms with Gasteiger partial charge in [-0.3, -0.25) is 4.79 Å². The lowest BCUT2D eigenvalue weighted by Gasteiger charge is -2.19. The van der Waals surface area contributed by atoms with E-state index in [4.69, 9.17) is 0 Å². The maximum atomic E-state index is 13.5. The van der Waals surface area contributed by atoms with Crippen molar-refractivity contribution >= 4 is 37.4 Å². The summed E-state index contributed by atoms with van der Waals surface area (Å²) in [7, 11) is -3.62. The van der Waals surface area contributed by atoms with Crippen LogP contribution in [-0.4, -0.2) is 36.9 Å². The van der Waals surface area contributed by atoms with Gasteiger partial charge in [-0.1, -0.05) is 60.7 Å². The van der Waals surface area contributed by atoms with Crippen molar-refractivity contribution in [3.05, 3.63) is 78.5 Å². The van der Waals surface area contributed by atoms with E-state index in [1.807, 2.05) is 80.6 Å². The first-order chi connectivity index (χ1) is 14.9. The highest BCUT2D eigenvalue weighted by Crippen LogP contribution is 2.30. The fourth-order valence-corrected chi connectivity index (χ4v) is 5.73. The Hall–Kier alpha value is -3.12. The van der Waals surface area contributed by atoms with Crippen molar-refractivity contribution in [3.8, 4) is 0 Å². The maximum absolute atomic E-state index is 13.5. The van der Waals surface area contributed by atoms with Crippen LogP contribution < -0.4 is 0 Å². The molecule has 0 aliphatic heterocycles. The molecular weight excluding hydrogens is 408 g/mol. The van der Waals surface area contributed by atoms with Crippen molar-refractivity contribution in [2.45, 2.75) is 31.0 Å². The molecule has 4 aromatic rings. The molecular formula is C25H26N2O3S. The van der Waals surface area contributed by atoms with Crippen molar-refractivity contribution in [1.82, 2.24) is 9.47 Å². The van der Waals surface area contributed by atoms with Crippen LogP contribution in [0.5, 0.6) is 0 Å². The third kappa shape index (κ3) is 4.08. The number of aromatic nitrogens is 1. The molecule has 0 unspecified atom stereocenters. The van der Waals surface area contributed by atoms with E-state index >= 15 is 0 Å². The number of rotatable bonds is 7. The quantitative estimate of drug-likeness (QED) is 0.426. The third-order valence-corrected chi connectivity index (χ3v) is 7.42. The highest BCUT2D eigenvalue weighted by molar-refractivity contribution is 7.90. The topological polar surface area (TPSA) is 59.4 Å². The summed E-state index contributed by atoms with van der Waals surface area (Å²) in [4.78, 5) is 14.7. The summed E-state index contributed by atoms with van der Waals surface area (Å²) in [5, 5.41) is 2.60. The monoisotopic (exact) mass is 434 g/mol. The first-order valence-electron chi connectivity index (χ1n) is 10.5. The molecule has 0 fully saturated rings. The minimum atomic E-state index is -3.62. The van der Waals surface area contributed by atoms with E-state index < -0.39 is 9.84 Å². The zero-order valence-corrected chi connectivity index (χ0v) is 18.6. The minimum absolute atomic E-state index is 0.0243. The molecule has 0 N–H and O–H groups in total. The Morgan fingerprint density at radius 3 is 2.26 bits per heavy atom. The predicted octanol–water partition coefficient (Wildman–Crippen LogP) is 4.64. The summed E-state index contributed by atoms with van der Waals surface area (Å²) < 4.78 is 28.7. The van der Waals surface area contributed by atoms with E-state index in [-0.39, 0.29) is 23.1 Å². The lowest BCUT2D eigenvalue weighted by atomic mass is 10.1. The number of fused-ring (bicyclic) bond motifs is 2. The average Bonchev–Trinajstić information content (AvgIpc) is 3.14. The van der Waals surface area contributed by atoms with Gasteiger partial charge in [0, 0.05) is 30.2 Å². The SMILES string of the molecule is CCN(CC)C(=O)Cn1cc(S(=O)(=O)Cc2cccc3ccccc23)c2ccccc21.